The lowest BCUT2D eigenvalue weighted by Gasteiger charge is -2.09. The highest BCUT2D eigenvalue weighted by molar-refractivity contribution is 9.10. The highest BCUT2D eigenvalue weighted by Crippen LogP contribution is 2.30. The first-order valence-corrected chi connectivity index (χ1v) is 8.43. The van der Waals surface area contributed by atoms with Gasteiger partial charge in [-0.1, -0.05) is 0 Å². The van der Waals surface area contributed by atoms with Gasteiger partial charge in [0.1, 0.15) is 14.4 Å². The van der Waals surface area contributed by atoms with Crippen LogP contribution in [0, 0.1) is 6.92 Å². The van der Waals surface area contributed by atoms with Crippen LogP contribution in [0.15, 0.2) is 33.2 Å². The molecule has 2 aromatic heterocycles. The molecule has 0 aliphatic heterocycles. The zero-order valence-corrected chi connectivity index (χ0v) is 13.3. The quantitative estimate of drug-likeness (QED) is 0.799. The van der Waals surface area contributed by atoms with Crippen molar-refractivity contribution in [1.82, 2.24) is 4.98 Å². The molecule has 0 saturated carbocycles. The Kier molecular flexibility index (Phi) is 4.11. The molecule has 2 N–H and O–H groups in total. The Morgan fingerprint density at radius 1 is 1.50 bits per heavy atom. The molecule has 6 nitrogen and oxygen atoms in total. The van der Waals surface area contributed by atoms with Crippen LogP contribution in [-0.4, -0.2) is 24.5 Å². The van der Waals surface area contributed by atoms with Crippen molar-refractivity contribution in [2.45, 2.75) is 11.8 Å². The monoisotopic (exact) mass is 376 g/mol. The third kappa shape index (κ3) is 2.84. The third-order valence-corrected chi connectivity index (χ3v) is 5.78. The topological polar surface area (TPSA) is 96.4 Å². The number of aromatic carboxylic acids is 1. The van der Waals surface area contributed by atoms with E-state index in [-0.39, 0.29) is 15.5 Å². The van der Waals surface area contributed by atoms with Crippen molar-refractivity contribution in [2.75, 3.05) is 4.72 Å². The van der Waals surface area contributed by atoms with E-state index in [2.05, 4.69) is 25.6 Å². The summed E-state index contributed by atoms with van der Waals surface area (Å²) >= 11 is 4.01. The first-order chi connectivity index (χ1) is 9.33. The van der Waals surface area contributed by atoms with Crippen molar-refractivity contribution < 1.29 is 18.3 Å². The fourth-order valence-corrected chi connectivity index (χ4v) is 4.75. The molecule has 2 heterocycles. The number of hydrogen-bond acceptors (Lipinski definition) is 5. The van der Waals surface area contributed by atoms with Gasteiger partial charge in [-0.05, 0) is 45.9 Å². The lowest BCUT2D eigenvalue weighted by Crippen LogP contribution is -2.16. The van der Waals surface area contributed by atoms with Crippen LogP contribution >= 0.6 is 27.3 Å². The van der Waals surface area contributed by atoms with Gasteiger partial charge in [-0.3, -0.25) is 4.72 Å². The number of hydrogen-bond donors (Lipinski definition) is 2. The number of aryl methyl sites for hydroxylation is 1. The molecular weight excluding hydrogens is 368 g/mol. The predicted octanol–water partition coefficient (Wildman–Crippen LogP) is 2.71. The van der Waals surface area contributed by atoms with Crippen LogP contribution in [0.5, 0.6) is 0 Å². The van der Waals surface area contributed by atoms with Crippen molar-refractivity contribution >= 4 is 48.9 Å². The fraction of sp³-hybridized carbons (Fsp3) is 0.0909. The van der Waals surface area contributed by atoms with E-state index in [1.807, 2.05) is 0 Å². The summed E-state index contributed by atoms with van der Waals surface area (Å²) in [5.41, 5.74) is 0.634. The van der Waals surface area contributed by atoms with Gasteiger partial charge in [0.05, 0.1) is 5.69 Å². The Bertz CT molecular complexity index is 770. The maximum absolute atomic E-state index is 12.3. The van der Waals surface area contributed by atoms with Crippen LogP contribution in [-0.2, 0) is 10.0 Å². The largest absolute Gasteiger partial charge is 0.477 e. The second-order valence-corrected chi connectivity index (χ2v) is 7.08. The van der Waals surface area contributed by atoms with Crippen molar-refractivity contribution in [1.29, 1.82) is 0 Å². The molecule has 0 aromatic carbocycles. The summed E-state index contributed by atoms with van der Waals surface area (Å²) in [7, 11) is -3.99. The molecule has 0 atom stereocenters. The second-order valence-electron chi connectivity index (χ2n) is 3.83. The average molecular weight is 377 g/mol. The normalized spacial score (nSPS) is 11.3. The molecule has 2 rings (SSSR count). The minimum absolute atomic E-state index is 0.213. The highest BCUT2D eigenvalue weighted by atomic mass is 79.9. The Morgan fingerprint density at radius 3 is 2.80 bits per heavy atom. The number of carboxylic acids is 1. The first-order valence-electron chi connectivity index (χ1n) is 5.27. The van der Waals surface area contributed by atoms with Gasteiger partial charge < -0.3 is 5.11 Å². The molecule has 0 saturated heterocycles. The van der Waals surface area contributed by atoms with Gasteiger partial charge in [0.25, 0.3) is 10.0 Å². The summed E-state index contributed by atoms with van der Waals surface area (Å²) in [6.07, 6.45) is 1.50. The van der Waals surface area contributed by atoms with Crippen molar-refractivity contribution in [3.05, 3.63) is 38.8 Å². The zero-order valence-electron chi connectivity index (χ0n) is 10.1. The minimum Gasteiger partial charge on any atom is -0.477 e. The van der Waals surface area contributed by atoms with E-state index in [9.17, 15) is 13.2 Å². The number of anilines is 1. The van der Waals surface area contributed by atoms with E-state index in [1.54, 1.807) is 13.0 Å². The van der Waals surface area contributed by atoms with Crippen molar-refractivity contribution in [3.8, 4) is 0 Å². The maximum Gasteiger partial charge on any atom is 0.347 e. The van der Waals surface area contributed by atoms with E-state index < -0.39 is 16.0 Å². The SMILES string of the molecule is Cc1csc(C(=O)O)c1S(=O)(=O)Nc1cccnc1Br. The molecular formula is C11H9BrN2O4S2. The Morgan fingerprint density at radius 2 is 2.20 bits per heavy atom. The van der Waals surface area contributed by atoms with E-state index in [4.69, 9.17) is 5.11 Å². The molecule has 9 heteroatoms. The van der Waals surface area contributed by atoms with Crippen LogP contribution in [0.25, 0.3) is 0 Å². The van der Waals surface area contributed by atoms with E-state index in [1.165, 1.54) is 17.6 Å². The lowest BCUT2D eigenvalue weighted by atomic mass is 10.3. The number of rotatable bonds is 4. The maximum atomic E-state index is 12.3. The summed E-state index contributed by atoms with van der Waals surface area (Å²) in [5.74, 6) is -1.27. The van der Waals surface area contributed by atoms with Gasteiger partial charge in [-0.2, -0.15) is 0 Å². The third-order valence-electron chi connectivity index (χ3n) is 2.38. The molecule has 0 unspecified atom stereocenters. The number of carboxylic acid groups (broad SMARTS) is 1. The Hall–Kier alpha value is -1.45. The molecule has 0 amide bonds. The number of nitrogens with one attached hydrogen (secondary N) is 1. The van der Waals surface area contributed by atoms with Crippen LogP contribution in [0.4, 0.5) is 5.69 Å². The number of aromatic nitrogens is 1. The molecule has 0 aliphatic rings. The smallest absolute Gasteiger partial charge is 0.347 e. The van der Waals surface area contributed by atoms with Crippen LogP contribution in [0.2, 0.25) is 0 Å². The zero-order chi connectivity index (χ0) is 14.9. The van der Waals surface area contributed by atoms with E-state index in [0.29, 0.717) is 10.2 Å². The second kappa shape index (κ2) is 5.51. The van der Waals surface area contributed by atoms with E-state index in [0.717, 1.165) is 11.3 Å². The molecule has 0 radical (unpaired) electrons. The summed E-state index contributed by atoms with van der Waals surface area (Å²) in [4.78, 5) is 14.6. The molecule has 0 fully saturated rings. The fourth-order valence-electron chi connectivity index (χ4n) is 1.57. The summed E-state index contributed by atoms with van der Waals surface area (Å²) in [6.45, 7) is 1.55. The molecule has 2 aromatic rings. The van der Waals surface area contributed by atoms with Crippen molar-refractivity contribution in [3.63, 3.8) is 0 Å². The number of thiophene rings is 1. The molecule has 20 heavy (non-hydrogen) atoms. The lowest BCUT2D eigenvalue weighted by molar-refractivity contribution is 0.0698. The number of pyridine rings is 1. The molecule has 106 valence electrons. The number of sulfonamides is 1. The number of carbonyl (C=O) groups is 1. The van der Waals surface area contributed by atoms with Gasteiger partial charge in [-0.15, -0.1) is 11.3 Å². The van der Waals surface area contributed by atoms with Crippen LogP contribution < -0.4 is 4.72 Å². The highest BCUT2D eigenvalue weighted by Gasteiger charge is 2.27. The minimum atomic E-state index is -3.99. The number of halogens is 1. The van der Waals surface area contributed by atoms with E-state index >= 15 is 0 Å². The summed E-state index contributed by atoms with van der Waals surface area (Å²) in [5, 5.41) is 10.6. The summed E-state index contributed by atoms with van der Waals surface area (Å²) < 4.78 is 27.3. The first kappa shape index (κ1) is 14.9. The molecule has 0 bridgehead atoms. The molecule has 0 spiro atoms. The van der Waals surface area contributed by atoms with Gasteiger partial charge >= 0.3 is 5.97 Å². The predicted molar refractivity (Wildman–Crippen MR) is 78.8 cm³/mol. The standard InChI is InChI=1S/C11H9BrN2O4S2/c1-6-5-19-8(11(15)16)9(6)20(17,18)14-7-3-2-4-13-10(7)12/h2-5,14H,1H3,(H,15,16). The Balaban J connectivity index is 2.49. The van der Waals surface area contributed by atoms with Crippen LogP contribution in [0.3, 0.4) is 0 Å². The van der Waals surface area contributed by atoms with Gasteiger partial charge in [0.2, 0.25) is 0 Å². The van der Waals surface area contributed by atoms with Gasteiger partial charge in [0.15, 0.2) is 0 Å². The number of nitrogens with zero attached hydrogens (tertiary/aromatic N) is 1. The summed E-state index contributed by atoms with van der Waals surface area (Å²) in [6, 6.07) is 3.10. The van der Waals surface area contributed by atoms with Gasteiger partial charge in [-0.25, -0.2) is 18.2 Å². The van der Waals surface area contributed by atoms with Crippen molar-refractivity contribution in [2.24, 2.45) is 0 Å². The molecule has 0 aliphatic carbocycles. The Labute approximate surface area is 127 Å². The van der Waals surface area contributed by atoms with Crippen LogP contribution in [0.1, 0.15) is 15.2 Å². The van der Waals surface area contributed by atoms with Gasteiger partial charge in [0, 0.05) is 6.20 Å². The average Bonchev–Trinajstić information content (AvgIpc) is 2.75.